The molecule has 0 saturated heterocycles. The fourth-order valence-corrected chi connectivity index (χ4v) is 0. The first-order chi connectivity index (χ1) is 2.56. The lowest BCUT2D eigenvalue weighted by molar-refractivity contribution is 0.125. The number of nitrogens with two attached hydrogens (primary N) is 1. The van der Waals surface area contributed by atoms with Gasteiger partial charge in [-0.3, -0.25) is 0 Å². The summed E-state index contributed by atoms with van der Waals surface area (Å²) in [5.41, 5.74) is 4.51. The first kappa shape index (κ1) is 10.5. The number of halogens is 4. The number of alkyl halides is 3. The molecular weight excluding hydrogens is 191 g/mol. The molecule has 0 radical (unpaired) electrons. The summed E-state index contributed by atoms with van der Waals surface area (Å²) < 4.78 is 22.5. The van der Waals surface area contributed by atoms with Gasteiger partial charge in [-0.1, -0.05) is 0 Å². The van der Waals surface area contributed by atoms with E-state index in [0.29, 0.717) is 0 Å². The summed E-state index contributed by atoms with van der Waals surface area (Å²) in [7, 11) is 0. The zero-order valence-electron chi connectivity index (χ0n) is 3.33. The molecule has 0 aromatic rings. The minimum Gasteiger partial charge on any atom is -0.324 e. The molecule has 0 aromatic carbocycles. The van der Waals surface area contributed by atoms with Crippen LogP contribution in [0.5, 0.6) is 0 Å². The van der Waals surface area contributed by atoms with E-state index >= 15 is 0 Å². The Morgan fingerprint density at radius 1 is 1.57 bits per heavy atom. The molecule has 1 nitrogen and oxygen atoms in total. The minimum atomic E-state index is -2.87. The third kappa shape index (κ3) is 10.8. The van der Waals surface area contributed by atoms with Crippen LogP contribution in [0.3, 0.4) is 0 Å². The van der Waals surface area contributed by atoms with Crippen molar-refractivity contribution in [1.29, 1.82) is 0 Å². The summed E-state index contributed by atoms with van der Waals surface area (Å²) in [6, 6.07) is 0. The smallest absolute Gasteiger partial charge is 0.313 e. The Bertz CT molecular complexity index is 45.4. The minimum absolute atomic E-state index is 0. The maximum Gasteiger partial charge on any atom is 0.313 e. The predicted octanol–water partition coefficient (Wildman–Crippen LogP) is 1.35. The number of rotatable bonds is 1. The van der Waals surface area contributed by atoms with Gasteiger partial charge >= 0.3 is 4.83 Å². The molecule has 0 saturated carbocycles. The van der Waals surface area contributed by atoms with Crippen LogP contribution in [0.2, 0.25) is 0 Å². The lowest BCUT2D eigenvalue weighted by atomic mass is 10.7. The summed E-state index contributed by atoms with van der Waals surface area (Å²) in [6.45, 7) is -0.646. The second kappa shape index (κ2) is 3.57. The monoisotopic (exact) mass is 195 g/mol. The topological polar surface area (TPSA) is 26.0 Å². The molecule has 0 spiro atoms. The van der Waals surface area contributed by atoms with E-state index in [0.717, 1.165) is 0 Å². The van der Waals surface area contributed by atoms with E-state index in [4.69, 9.17) is 0 Å². The second-order valence-electron chi connectivity index (χ2n) is 0.819. The highest BCUT2D eigenvalue weighted by molar-refractivity contribution is 9.10. The van der Waals surface area contributed by atoms with Crippen molar-refractivity contribution >= 4 is 28.3 Å². The van der Waals surface area contributed by atoms with E-state index in [-0.39, 0.29) is 12.4 Å². The largest absolute Gasteiger partial charge is 0.324 e. The van der Waals surface area contributed by atoms with Crippen molar-refractivity contribution in [3.8, 4) is 0 Å². The van der Waals surface area contributed by atoms with E-state index < -0.39 is 11.4 Å². The Labute approximate surface area is 54.8 Å². The molecule has 0 aliphatic carbocycles. The lowest BCUT2D eigenvalue weighted by Crippen LogP contribution is -2.19. The molecule has 0 aromatic heterocycles. The van der Waals surface area contributed by atoms with Gasteiger partial charge in [0.2, 0.25) is 0 Å². The molecule has 0 fully saturated rings. The van der Waals surface area contributed by atoms with Crippen molar-refractivity contribution < 1.29 is 8.78 Å². The Hall–Kier alpha value is 0.590. The maximum absolute atomic E-state index is 11.2. The fourth-order valence-electron chi connectivity index (χ4n) is 0. The van der Waals surface area contributed by atoms with Gasteiger partial charge in [-0.25, -0.2) is 0 Å². The molecule has 0 amide bonds. The van der Waals surface area contributed by atoms with Gasteiger partial charge in [0.05, 0.1) is 6.54 Å². The standard InChI is InChI=1S/C2H4BrF2N.ClH/c3-2(4,5)1-6;/h1,6H2;1H. The Morgan fingerprint density at radius 2 is 1.71 bits per heavy atom. The van der Waals surface area contributed by atoms with E-state index in [9.17, 15) is 8.78 Å². The highest BCUT2D eigenvalue weighted by atomic mass is 79.9. The molecule has 5 heteroatoms. The molecule has 0 aliphatic rings. The van der Waals surface area contributed by atoms with Crippen molar-refractivity contribution in [3.63, 3.8) is 0 Å². The van der Waals surface area contributed by atoms with Crippen molar-refractivity contribution in [3.05, 3.63) is 0 Å². The molecule has 0 heterocycles. The Morgan fingerprint density at radius 3 is 1.71 bits per heavy atom. The van der Waals surface area contributed by atoms with Gasteiger partial charge in [0.25, 0.3) is 0 Å². The first-order valence-corrected chi connectivity index (χ1v) is 2.12. The second-order valence-corrected chi connectivity index (χ2v) is 1.98. The van der Waals surface area contributed by atoms with Crippen molar-refractivity contribution in [2.24, 2.45) is 5.73 Å². The zero-order valence-corrected chi connectivity index (χ0v) is 5.73. The van der Waals surface area contributed by atoms with E-state index in [1.54, 1.807) is 0 Å². The van der Waals surface area contributed by atoms with Crippen LogP contribution >= 0.6 is 28.3 Å². The summed E-state index contributed by atoms with van der Waals surface area (Å²) >= 11 is 2.02. The normalized spacial score (nSPS) is 10.3. The Balaban J connectivity index is 0. The highest BCUT2D eigenvalue weighted by Crippen LogP contribution is 2.18. The molecule has 46 valence electrons. The molecule has 0 bridgehead atoms. The Kier molecular flexibility index (Phi) is 5.39. The highest BCUT2D eigenvalue weighted by Gasteiger charge is 2.19. The third-order valence-electron chi connectivity index (χ3n) is 0.231. The van der Waals surface area contributed by atoms with Crippen LogP contribution in [-0.4, -0.2) is 11.4 Å². The molecular formula is C2H5BrClF2N. The number of hydrogen-bond donors (Lipinski definition) is 1. The molecule has 0 unspecified atom stereocenters. The van der Waals surface area contributed by atoms with Gasteiger partial charge in [-0.05, 0) is 15.9 Å². The van der Waals surface area contributed by atoms with Gasteiger partial charge in [-0.15, -0.1) is 12.4 Å². The van der Waals surface area contributed by atoms with Gasteiger partial charge in [0.15, 0.2) is 0 Å². The fraction of sp³-hybridized carbons (Fsp3) is 1.00. The van der Waals surface area contributed by atoms with Crippen molar-refractivity contribution in [2.45, 2.75) is 4.83 Å². The molecule has 2 N–H and O–H groups in total. The summed E-state index contributed by atoms with van der Waals surface area (Å²) in [4.78, 5) is -2.87. The average molecular weight is 196 g/mol. The quantitative estimate of drug-likeness (QED) is 0.630. The first-order valence-electron chi connectivity index (χ1n) is 1.33. The van der Waals surface area contributed by atoms with Gasteiger partial charge in [0.1, 0.15) is 0 Å². The van der Waals surface area contributed by atoms with E-state index in [1.165, 1.54) is 0 Å². The van der Waals surface area contributed by atoms with Crippen LogP contribution in [0.4, 0.5) is 8.78 Å². The molecule has 0 atom stereocenters. The van der Waals surface area contributed by atoms with Crippen molar-refractivity contribution in [1.82, 2.24) is 0 Å². The van der Waals surface area contributed by atoms with Crippen molar-refractivity contribution in [2.75, 3.05) is 6.54 Å². The maximum atomic E-state index is 11.2. The van der Waals surface area contributed by atoms with Crippen LogP contribution in [0.15, 0.2) is 0 Å². The van der Waals surface area contributed by atoms with Crippen LogP contribution < -0.4 is 5.73 Å². The van der Waals surface area contributed by atoms with Crippen LogP contribution in [0.25, 0.3) is 0 Å². The van der Waals surface area contributed by atoms with Gasteiger partial charge in [0, 0.05) is 0 Å². The third-order valence-corrected chi connectivity index (χ3v) is 0.555. The number of hydrogen-bond acceptors (Lipinski definition) is 1. The predicted molar refractivity (Wildman–Crippen MR) is 30.2 cm³/mol. The average Bonchev–Trinajstić information content (AvgIpc) is 1.35. The lowest BCUT2D eigenvalue weighted by Gasteiger charge is -1.99. The summed E-state index contributed by atoms with van der Waals surface area (Å²) in [5, 5.41) is 0. The van der Waals surface area contributed by atoms with Crippen LogP contribution in [0.1, 0.15) is 0 Å². The van der Waals surface area contributed by atoms with Crippen LogP contribution in [0, 0.1) is 0 Å². The molecule has 7 heavy (non-hydrogen) atoms. The van der Waals surface area contributed by atoms with Gasteiger partial charge < -0.3 is 5.73 Å². The zero-order chi connectivity index (χ0) is 5.21. The molecule has 0 aliphatic heterocycles. The van der Waals surface area contributed by atoms with Gasteiger partial charge in [-0.2, -0.15) is 8.78 Å². The van der Waals surface area contributed by atoms with Crippen LogP contribution in [-0.2, 0) is 0 Å². The SMILES string of the molecule is Cl.NCC(F)(F)Br. The summed E-state index contributed by atoms with van der Waals surface area (Å²) in [6.07, 6.45) is 0. The summed E-state index contributed by atoms with van der Waals surface area (Å²) in [5.74, 6) is 0. The van der Waals surface area contributed by atoms with E-state index in [2.05, 4.69) is 5.73 Å². The molecule has 0 rings (SSSR count). The van der Waals surface area contributed by atoms with E-state index in [1.807, 2.05) is 15.9 Å².